The number of nitrogens with one attached hydrogen (secondary N) is 1. The van der Waals surface area contributed by atoms with Gasteiger partial charge in [-0.15, -0.1) is 0 Å². The minimum Gasteiger partial charge on any atom is -0.456 e. The number of nitrogens with zero attached hydrogens (tertiary/aromatic N) is 1. The molecule has 0 aliphatic carbocycles. The van der Waals surface area contributed by atoms with Crippen LogP contribution in [0.3, 0.4) is 0 Å². The fraction of sp³-hybridized carbons (Fsp3) is 0. The summed E-state index contributed by atoms with van der Waals surface area (Å²) in [6.45, 7) is 0. The van der Waals surface area contributed by atoms with E-state index < -0.39 is 0 Å². The molecule has 0 fully saturated rings. The lowest BCUT2D eigenvalue weighted by molar-refractivity contribution is 0.668. The molecule has 0 aliphatic rings. The summed E-state index contributed by atoms with van der Waals surface area (Å²) in [6, 6.07) is 91.2. The molecule has 12 aromatic carbocycles. The summed E-state index contributed by atoms with van der Waals surface area (Å²) in [5.41, 5.74) is 13.4. The third-order valence-corrected chi connectivity index (χ3v) is 14.2. The SMILES string of the molecule is Clc1cc(-c2cccc3ccccc23)cc(N(c2ccccc2)c2ccc3oc4ccccc4c3c2)c1.Clc1cc(Br)cc(-c2cccc3ccccc23)c1.c1ccc(Nc2ccc3oc4ccccc4c3c2)cc1. The Morgan fingerprint density at radius 2 is 0.800 bits per heavy atom. The van der Waals surface area contributed by atoms with Gasteiger partial charge in [0.05, 0.1) is 0 Å². The molecular weight excluding hydrogens is 1030 g/mol. The Morgan fingerprint density at radius 1 is 0.320 bits per heavy atom. The van der Waals surface area contributed by atoms with E-state index in [0.717, 1.165) is 98.5 Å². The average molecular weight is 1070 g/mol. The third kappa shape index (κ3) is 10.1. The molecule has 0 aliphatic heterocycles. The Hall–Kier alpha value is -8.58. The van der Waals surface area contributed by atoms with Gasteiger partial charge in [-0.25, -0.2) is 0 Å². The van der Waals surface area contributed by atoms with Crippen LogP contribution in [0, 0.1) is 0 Å². The van der Waals surface area contributed by atoms with Crippen LogP contribution < -0.4 is 10.2 Å². The first-order valence-electron chi connectivity index (χ1n) is 24.6. The molecule has 360 valence electrons. The van der Waals surface area contributed by atoms with Crippen LogP contribution in [-0.2, 0) is 0 Å². The number of anilines is 5. The maximum absolute atomic E-state index is 6.78. The molecule has 2 aromatic heterocycles. The van der Waals surface area contributed by atoms with Gasteiger partial charge in [0.25, 0.3) is 0 Å². The van der Waals surface area contributed by atoms with Crippen LogP contribution in [0.1, 0.15) is 0 Å². The largest absolute Gasteiger partial charge is 0.456 e. The predicted molar refractivity (Wildman–Crippen MR) is 322 cm³/mol. The van der Waals surface area contributed by atoms with E-state index in [1.807, 2.05) is 97.1 Å². The van der Waals surface area contributed by atoms with Crippen molar-refractivity contribution in [2.45, 2.75) is 0 Å². The van der Waals surface area contributed by atoms with Gasteiger partial charge >= 0.3 is 0 Å². The summed E-state index contributed by atoms with van der Waals surface area (Å²) in [5.74, 6) is 0. The molecule has 0 bridgehead atoms. The highest BCUT2D eigenvalue weighted by Crippen LogP contribution is 2.42. The van der Waals surface area contributed by atoms with Crippen LogP contribution in [0.2, 0.25) is 10.0 Å². The van der Waals surface area contributed by atoms with Crippen LogP contribution in [-0.4, -0.2) is 0 Å². The molecule has 0 saturated heterocycles. The van der Waals surface area contributed by atoms with E-state index in [1.165, 1.54) is 27.1 Å². The van der Waals surface area contributed by atoms with Crippen LogP contribution in [0.5, 0.6) is 0 Å². The molecule has 0 radical (unpaired) electrons. The second kappa shape index (κ2) is 21.1. The summed E-state index contributed by atoms with van der Waals surface area (Å²) in [7, 11) is 0. The summed E-state index contributed by atoms with van der Waals surface area (Å²) >= 11 is 16.4. The Bertz CT molecular complexity index is 4310. The van der Waals surface area contributed by atoms with E-state index in [0.29, 0.717) is 5.02 Å². The van der Waals surface area contributed by atoms with Crippen molar-refractivity contribution in [3.05, 3.63) is 281 Å². The quantitative estimate of drug-likeness (QED) is 0.173. The van der Waals surface area contributed by atoms with Crippen LogP contribution in [0.15, 0.2) is 280 Å². The zero-order valence-electron chi connectivity index (χ0n) is 40.3. The molecule has 0 atom stereocenters. The van der Waals surface area contributed by atoms with Crippen LogP contribution in [0.4, 0.5) is 28.4 Å². The third-order valence-electron chi connectivity index (χ3n) is 13.3. The molecule has 0 amide bonds. The van der Waals surface area contributed by atoms with Crippen molar-refractivity contribution in [1.29, 1.82) is 0 Å². The van der Waals surface area contributed by atoms with Gasteiger partial charge < -0.3 is 19.1 Å². The number of hydrogen-bond donors (Lipinski definition) is 1. The zero-order valence-corrected chi connectivity index (χ0v) is 43.4. The first-order valence-corrected chi connectivity index (χ1v) is 26.2. The van der Waals surface area contributed by atoms with Gasteiger partial charge in [-0.05, 0) is 153 Å². The Morgan fingerprint density at radius 3 is 1.41 bits per heavy atom. The topological polar surface area (TPSA) is 41.6 Å². The Kier molecular flexibility index (Phi) is 13.3. The molecule has 14 aromatic rings. The number of benzene rings is 12. The lowest BCUT2D eigenvalue weighted by Crippen LogP contribution is -2.10. The summed E-state index contributed by atoms with van der Waals surface area (Å²) < 4.78 is 12.9. The fourth-order valence-corrected chi connectivity index (χ4v) is 11.0. The fourth-order valence-electron chi connectivity index (χ4n) is 9.89. The second-order valence-electron chi connectivity index (χ2n) is 18.2. The van der Waals surface area contributed by atoms with E-state index >= 15 is 0 Å². The van der Waals surface area contributed by atoms with Crippen LogP contribution in [0.25, 0.3) is 87.7 Å². The van der Waals surface area contributed by atoms with Gasteiger partial charge in [-0.1, -0.05) is 197 Å². The number of fused-ring (bicyclic) bond motifs is 8. The normalized spacial score (nSPS) is 11.1. The minimum absolute atomic E-state index is 0.691. The van der Waals surface area contributed by atoms with Crippen molar-refractivity contribution in [2.75, 3.05) is 10.2 Å². The van der Waals surface area contributed by atoms with E-state index in [4.69, 9.17) is 32.0 Å². The predicted octanol–water partition coefficient (Wildman–Crippen LogP) is 21.8. The molecule has 4 nitrogen and oxygen atoms in total. The van der Waals surface area contributed by atoms with Gasteiger partial charge in [0, 0.05) is 64.5 Å². The molecule has 0 unspecified atom stereocenters. The van der Waals surface area contributed by atoms with E-state index in [1.54, 1.807) is 0 Å². The van der Waals surface area contributed by atoms with Gasteiger partial charge in [0.15, 0.2) is 0 Å². The van der Waals surface area contributed by atoms with Crippen molar-refractivity contribution in [2.24, 2.45) is 0 Å². The van der Waals surface area contributed by atoms with E-state index in [2.05, 4.69) is 196 Å². The first-order chi connectivity index (χ1) is 36.9. The number of halogens is 3. The smallest absolute Gasteiger partial charge is 0.135 e. The molecule has 0 saturated carbocycles. The van der Waals surface area contributed by atoms with Gasteiger partial charge in [-0.3, -0.25) is 0 Å². The molecule has 14 rings (SSSR count). The molecule has 2 heterocycles. The first kappa shape index (κ1) is 47.4. The van der Waals surface area contributed by atoms with Crippen molar-refractivity contribution >= 4 is 133 Å². The number of rotatable bonds is 7. The van der Waals surface area contributed by atoms with Crippen molar-refractivity contribution in [1.82, 2.24) is 0 Å². The zero-order chi connectivity index (χ0) is 50.7. The highest BCUT2D eigenvalue weighted by atomic mass is 79.9. The number of furan rings is 2. The molecule has 75 heavy (non-hydrogen) atoms. The van der Waals surface area contributed by atoms with E-state index in [9.17, 15) is 0 Å². The minimum atomic E-state index is 0.691. The van der Waals surface area contributed by atoms with Gasteiger partial charge in [-0.2, -0.15) is 0 Å². The van der Waals surface area contributed by atoms with Gasteiger partial charge in [0.1, 0.15) is 22.3 Å². The summed E-state index contributed by atoms with van der Waals surface area (Å²) in [4.78, 5) is 2.25. The highest BCUT2D eigenvalue weighted by molar-refractivity contribution is 9.10. The van der Waals surface area contributed by atoms with Crippen LogP contribution >= 0.6 is 39.1 Å². The summed E-state index contributed by atoms with van der Waals surface area (Å²) in [5, 5.41) is 14.2. The Balaban J connectivity index is 0.000000126. The number of para-hydroxylation sites is 4. The molecule has 1 N–H and O–H groups in total. The van der Waals surface area contributed by atoms with Crippen molar-refractivity contribution in [3.8, 4) is 22.3 Å². The lowest BCUT2D eigenvalue weighted by atomic mass is 9.97. The molecule has 7 heteroatoms. The highest BCUT2D eigenvalue weighted by Gasteiger charge is 2.18. The second-order valence-corrected chi connectivity index (χ2v) is 19.9. The standard InChI is InChI=1S/C34H22ClNO.C18H13NO.C16H10BrCl/c35-25-19-24(30-15-8-10-23-9-4-5-13-29(23)30)20-28(21-25)36(26-11-2-1-3-12-26)27-17-18-34-32(22-27)31-14-6-7-16-33(31)37-34;1-2-6-13(7-3-1)19-14-10-11-18-16(12-14)15-8-4-5-9-17(15)20-18;17-13-8-12(9-14(18)10-13)16-7-3-5-11-4-1-2-6-15(11)16/h1-22H;1-12,19H;1-10H. The van der Waals surface area contributed by atoms with E-state index in [-0.39, 0.29) is 0 Å². The molecular formula is C68H45BrCl2N2O2. The van der Waals surface area contributed by atoms with Gasteiger partial charge in [0.2, 0.25) is 0 Å². The molecule has 0 spiro atoms. The maximum atomic E-state index is 6.78. The summed E-state index contributed by atoms with van der Waals surface area (Å²) in [6.07, 6.45) is 0. The maximum Gasteiger partial charge on any atom is 0.135 e. The number of hydrogen-bond acceptors (Lipinski definition) is 4. The Labute approximate surface area is 452 Å². The average Bonchev–Trinajstić information content (AvgIpc) is 4.02. The lowest BCUT2D eigenvalue weighted by Gasteiger charge is -2.26. The van der Waals surface area contributed by atoms with Crippen molar-refractivity contribution in [3.63, 3.8) is 0 Å². The monoisotopic (exact) mass is 1070 g/mol. The van der Waals surface area contributed by atoms with Crippen molar-refractivity contribution < 1.29 is 8.83 Å².